The Hall–Kier alpha value is -3.69. The van der Waals surface area contributed by atoms with Crippen molar-refractivity contribution in [2.24, 2.45) is 0 Å². The Morgan fingerprint density at radius 3 is 2.84 bits per heavy atom. The summed E-state index contributed by atoms with van der Waals surface area (Å²) in [6.45, 7) is 2.19. The molecule has 1 aliphatic carbocycles. The van der Waals surface area contributed by atoms with Gasteiger partial charge in [-0.3, -0.25) is 15.0 Å². The molecule has 166 valence electrons. The first-order valence-electron chi connectivity index (χ1n) is 10.8. The van der Waals surface area contributed by atoms with Gasteiger partial charge in [-0.25, -0.2) is 14.3 Å². The third kappa shape index (κ3) is 4.08. The number of anilines is 2. The second-order valence-electron chi connectivity index (χ2n) is 8.03. The van der Waals surface area contributed by atoms with E-state index in [1.807, 2.05) is 18.2 Å². The first-order valence-corrected chi connectivity index (χ1v) is 10.8. The predicted molar refractivity (Wildman–Crippen MR) is 117 cm³/mol. The quantitative estimate of drug-likeness (QED) is 0.670. The van der Waals surface area contributed by atoms with E-state index in [-0.39, 0.29) is 24.1 Å². The number of hydrogen-bond acceptors (Lipinski definition) is 7. The molecule has 0 spiro atoms. The van der Waals surface area contributed by atoms with E-state index in [9.17, 15) is 9.59 Å². The normalized spacial score (nSPS) is 16.3. The van der Waals surface area contributed by atoms with Crippen molar-refractivity contribution in [1.82, 2.24) is 19.6 Å². The number of amides is 2. The second-order valence-corrected chi connectivity index (χ2v) is 8.03. The van der Waals surface area contributed by atoms with Crippen LogP contribution in [0.1, 0.15) is 39.0 Å². The summed E-state index contributed by atoms with van der Waals surface area (Å²) in [6, 6.07) is 5.59. The molecule has 2 aliphatic rings. The lowest BCUT2D eigenvalue weighted by molar-refractivity contribution is -0.114. The molecule has 1 N–H and O–H groups in total. The van der Waals surface area contributed by atoms with Gasteiger partial charge in [0.25, 0.3) is 0 Å². The first kappa shape index (κ1) is 20.2. The van der Waals surface area contributed by atoms with E-state index in [1.165, 1.54) is 13.3 Å². The van der Waals surface area contributed by atoms with Crippen molar-refractivity contribution in [3.05, 3.63) is 30.6 Å². The molecule has 1 aliphatic heterocycles. The topological polar surface area (TPSA) is 111 Å². The monoisotopic (exact) mass is 436 g/mol. The fourth-order valence-electron chi connectivity index (χ4n) is 4.11. The minimum absolute atomic E-state index is 0.0214. The van der Waals surface area contributed by atoms with Crippen molar-refractivity contribution < 1.29 is 19.1 Å². The van der Waals surface area contributed by atoms with Gasteiger partial charge in [-0.15, -0.1) is 5.10 Å². The Balaban J connectivity index is 1.42. The minimum Gasteiger partial charge on any atom is -0.474 e. The highest BCUT2D eigenvalue weighted by molar-refractivity contribution is 5.91. The van der Waals surface area contributed by atoms with Crippen molar-refractivity contribution in [1.29, 1.82) is 0 Å². The van der Waals surface area contributed by atoms with Crippen LogP contribution in [0, 0.1) is 0 Å². The molecule has 0 aromatic carbocycles. The first-order chi connectivity index (χ1) is 15.6. The summed E-state index contributed by atoms with van der Waals surface area (Å²) < 4.78 is 13.0. The number of hydrogen-bond donors (Lipinski definition) is 1. The van der Waals surface area contributed by atoms with Crippen LogP contribution in [0.25, 0.3) is 16.8 Å². The molecular weight excluding hydrogens is 412 g/mol. The van der Waals surface area contributed by atoms with E-state index in [0.717, 1.165) is 36.8 Å². The maximum Gasteiger partial charge on any atom is 0.414 e. The van der Waals surface area contributed by atoms with Crippen LogP contribution < -0.4 is 15.0 Å². The number of fused-ring (bicyclic) bond motifs is 2. The van der Waals surface area contributed by atoms with Gasteiger partial charge in [-0.05, 0) is 49.4 Å². The number of pyridine rings is 2. The zero-order valence-electron chi connectivity index (χ0n) is 17.8. The Labute approximate surface area is 184 Å². The van der Waals surface area contributed by atoms with Crippen LogP contribution in [-0.2, 0) is 9.53 Å². The number of nitrogens with one attached hydrogen (secondary N) is 1. The molecule has 32 heavy (non-hydrogen) atoms. The fraction of sp³-hybridized carbons (Fsp3) is 0.409. The lowest BCUT2D eigenvalue weighted by Gasteiger charge is -2.31. The average molecular weight is 436 g/mol. The molecule has 1 saturated carbocycles. The highest BCUT2D eigenvalue weighted by Crippen LogP contribution is 2.34. The number of ether oxygens (including phenoxy) is 2. The molecule has 0 bridgehead atoms. The molecule has 1 fully saturated rings. The molecule has 2 amide bonds. The fourth-order valence-corrected chi connectivity index (χ4v) is 4.11. The summed E-state index contributed by atoms with van der Waals surface area (Å²) in [5.74, 6) is 0.417. The van der Waals surface area contributed by atoms with Crippen LogP contribution in [0.2, 0.25) is 0 Å². The van der Waals surface area contributed by atoms with Gasteiger partial charge in [-0.1, -0.05) is 6.42 Å². The Morgan fingerprint density at radius 1 is 1.19 bits per heavy atom. The number of rotatable bonds is 3. The Kier molecular flexibility index (Phi) is 5.34. The van der Waals surface area contributed by atoms with E-state index in [0.29, 0.717) is 30.4 Å². The second kappa shape index (κ2) is 8.45. The third-order valence-corrected chi connectivity index (χ3v) is 5.68. The Morgan fingerprint density at radius 2 is 2.03 bits per heavy atom. The van der Waals surface area contributed by atoms with E-state index in [1.54, 1.807) is 21.8 Å². The minimum atomic E-state index is -0.353. The maximum atomic E-state index is 12.9. The van der Waals surface area contributed by atoms with Gasteiger partial charge < -0.3 is 9.47 Å². The number of carbonyl (C=O) groups is 2. The van der Waals surface area contributed by atoms with Gasteiger partial charge >= 0.3 is 6.09 Å². The van der Waals surface area contributed by atoms with Gasteiger partial charge in [0, 0.05) is 24.9 Å². The number of carbonyl (C=O) groups excluding carboxylic acids is 2. The van der Waals surface area contributed by atoms with Crippen LogP contribution in [-0.4, -0.2) is 50.8 Å². The van der Waals surface area contributed by atoms with Gasteiger partial charge in [-0.2, -0.15) is 4.98 Å². The van der Waals surface area contributed by atoms with Crippen LogP contribution in [0.15, 0.2) is 30.6 Å². The van der Waals surface area contributed by atoms with Crippen molar-refractivity contribution in [2.75, 3.05) is 23.4 Å². The molecule has 4 heterocycles. The van der Waals surface area contributed by atoms with Crippen LogP contribution >= 0.6 is 0 Å². The maximum absolute atomic E-state index is 12.9. The van der Waals surface area contributed by atoms with E-state index >= 15 is 0 Å². The van der Waals surface area contributed by atoms with Crippen LogP contribution in [0.5, 0.6) is 5.88 Å². The van der Waals surface area contributed by atoms with E-state index in [4.69, 9.17) is 9.47 Å². The van der Waals surface area contributed by atoms with Crippen molar-refractivity contribution in [2.45, 2.75) is 45.1 Å². The SMILES string of the molecule is CC(=O)Nc1nc2cc(-c3cnc4c(c3)N(C(=O)OC3CCCCC3)CCO4)ccn2n1. The van der Waals surface area contributed by atoms with Gasteiger partial charge in [0.2, 0.25) is 17.7 Å². The highest BCUT2D eigenvalue weighted by Gasteiger charge is 2.29. The molecule has 10 heteroatoms. The van der Waals surface area contributed by atoms with Gasteiger partial charge in [0.15, 0.2) is 5.65 Å². The highest BCUT2D eigenvalue weighted by atomic mass is 16.6. The van der Waals surface area contributed by atoms with E-state index < -0.39 is 0 Å². The molecule has 10 nitrogen and oxygen atoms in total. The smallest absolute Gasteiger partial charge is 0.414 e. The Bertz CT molecular complexity index is 1170. The molecule has 3 aromatic heterocycles. The van der Waals surface area contributed by atoms with Crippen LogP contribution in [0.4, 0.5) is 16.4 Å². The standard InChI is InChI=1S/C22H24N6O4/c1-14(29)24-21-25-19-12-15(7-8-28(19)26-21)16-11-18-20(23-13-16)31-10-9-27(18)22(30)32-17-5-3-2-4-6-17/h7-8,11-13,17H,2-6,9-10H2,1H3,(H,24,26,29). The number of nitrogens with zero attached hydrogens (tertiary/aromatic N) is 5. The van der Waals surface area contributed by atoms with E-state index in [2.05, 4.69) is 20.4 Å². The van der Waals surface area contributed by atoms with Crippen LogP contribution in [0.3, 0.4) is 0 Å². The zero-order valence-corrected chi connectivity index (χ0v) is 17.8. The molecule has 0 saturated heterocycles. The molecular formula is C22H24N6O4. The summed E-state index contributed by atoms with van der Waals surface area (Å²) in [5, 5.41) is 6.79. The van der Waals surface area contributed by atoms with Crippen molar-refractivity contribution >= 4 is 29.3 Å². The summed E-state index contributed by atoms with van der Waals surface area (Å²) >= 11 is 0. The van der Waals surface area contributed by atoms with Gasteiger partial charge in [0.1, 0.15) is 18.4 Å². The lowest BCUT2D eigenvalue weighted by Crippen LogP contribution is -2.40. The van der Waals surface area contributed by atoms with Gasteiger partial charge in [0.05, 0.1) is 6.54 Å². The molecule has 0 atom stereocenters. The lowest BCUT2D eigenvalue weighted by atomic mass is 9.98. The van der Waals surface area contributed by atoms with Crippen molar-refractivity contribution in [3.8, 4) is 17.0 Å². The largest absolute Gasteiger partial charge is 0.474 e. The summed E-state index contributed by atoms with van der Waals surface area (Å²) in [5.41, 5.74) is 2.82. The summed E-state index contributed by atoms with van der Waals surface area (Å²) in [7, 11) is 0. The molecule has 5 rings (SSSR count). The predicted octanol–water partition coefficient (Wildman–Crippen LogP) is 3.42. The molecule has 0 radical (unpaired) electrons. The number of aromatic nitrogens is 4. The zero-order chi connectivity index (χ0) is 22.1. The van der Waals surface area contributed by atoms with Crippen molar-refractivity contribution in [3.63, 3.8) is 0 Å². The average Bonchev–Trinajstić information content (AvgIpc) is 3.19. The summed E-state index contributed by atoms with van der Waals surface area (Å²) in [4.78, 5) is 34.5. The summed E-state index contributed by atoms with van der Waals surface area (Å²) in [6.07, 6.45) is 8.31. The molecule has 3 aromatic rings. The third-order valence-electron chi connectivity index (χ3n) is 5.68. The molecule has 0 unspecified atom stereocenters.